The maximum atomic E-state index is 12.6. The monoisotopic (exact) mass is 301 g/mol. The van der Waals surface area contributed by atoms with E-state index < -0.39 is 0 Å². The van der Waals surface area contributed by atoms with Gasteiger partial charge in [-0.1, -0.05) is 13.8 Å². The van der Waals surface area contributed by atoms with Crippen LogP contribution in [0.1, 0.15) is 33.6 Å². The molecule has 0 aliphatic carbocycles. The lowest BCUT2D eigenvalue weighted by Crippen LogP contribution is -2.48. The van der Waals surface area contributed by atoms with E-state index in [2.05, 4.69) is 36.2 Å². The van der Waals surface area contributed by atoms with E-state index in [1.165, 1.54) is 6.42 Å². The largest absolute Gasteiger partial charge is 0.322 e. The van der Waals surface area contributed by atoms with Gasteiger partial charge in [0.2, 0.25) is 0 Å². The maximum Gasteiger partial charge on any atom is 0.322 e. The first-order valence-electron chi connectivity index (χ1n) is 7.92. The molecule has 2 amide bonds. The molecule has 6 nitrogen and oxygen atoms in total. The summed E-state index contributed by atoms with van der Waals surface area (Å²) in [4.78, 5) is 18.9. The minimum Gasteiger partial charge on any atom is -0.322 e. The summed E-state index contributed by atoms with van der Waals surface area (Å²) >= 11 is 0. The fraction of sp³-hybridized carbons (Fsp3) is 0.562. The number of piperidine rings is 1. The van der Waals surface area contributed by atoms with E-state index in [1.54, 1.807) is 16.9 Å². The number of amides is 2. The van der Waals surface area contributed by atoms with Gasteiger partial charge in [-0.2, -0.15) is 5.10 Å². The molecule has 1 N–H and O–H groups in total. The van der Waals surface area contributed by atoms with Gasteiger partial charge in [-0.15, -0.1) is 0 Å². The van der Waals surface area contributed by atoms with Crippen molar-refractivity contribution in [1.29, 1.82) is 0 Å². The van der Waals surface area contributed by atoms with Crippen LogP contribution in [0.15, 0.2) is 24.7 Å². The Kier molecular flexibility index (Phi) is 4.00. The molecular formula is C16H23N5O. The number of nitrogens with one attached hydrogen (secondary N) is 1. The molecule has 2 aromatic heterocycles. The Hall–Kier alpha value is -2.11. The van der Waals surface area contributed by atoms with Crippen LogP contribution >= 0.6 is 0 Å². The van der Waals surface area contributed by atoms with Crippen molar-refractivity contribution in [3.63, 3.8) is 0 Å². The predicted octanol–water partition coefficient (Wildman–Crippen LogP) is 3.02. The van der Waals surface area contributed by atoms with Crippen LogP contribution in [0.3, 0.4) is 0 Å². The quantitative estimate of drug-likeness (QED) is 0.927. The number of likely N-dealkylation sites (tertiary alicyclic amines) is 1. The summed E-state index contributed by atoms with van der Waals surface area (Å²) in [6, 6.07) is 2.02. The molecule has 2 unspecified atom stereocenters. The summed E-state index contributed by atoms with van der Waals surface area (Å²) in [5.74, 6) is 1.17. The van der Waals surface area contributed by atoms with Crippen molar-refractivity contribution in [2.75, 3.05) is 11.9 Å². The number of urea groups is 1. The summed E-state index contributed by atoms with van der Waals surface area (Å²) in [6.07, 6.45) is 7.42. The molecule has 2 aromatic rings. The van der Waals surface area contributed by atoms with Crippen LogP contribution < -0.4 is 5.32 Å². The van der Waals surface area contributed by atoms with E-state index in [0.717, 1.165) is 13.0 Å². The Labute approximate surface area is 130 Å². The van der Waals surface area contributed by atoms with Crippen molar-refractivity contribution in [2.24, 2.45) is 11.8 Å². The summed E-state index contributed by atoms with van der Waals surface area (Å²) in [5.41, 5.74) is 1.32. The highest BCUT2D eigenvalue weighted by Crippen LogP contribution is 2.28. The van der Waals surface area contributed by atoms with Crippen LogP contribution in [0.4, 0.5) is 10.5 Å². The van der Waals surface area contributed by atoms with Crippen LogP contribution in [-0.4, -0.2) is 38.1 Å². The molecule has 3 heterocycles. The van der Waals surface area contributed by atoms with Gasteiger partial charge in [-0.05, 0) is 37.7 Å². The Morgan fingerprint density at radius 1 is 1.41 bits per heavy atom. The molecular weight excluding hydrogens is 278 g/mol. The summed E-state index contributed by atoms with van der Waals surface area (Å²) in [6.45, 7) is 7.39. The SMILES string of the molecule is CC(C)C1CCC(C)N(C(=O)Nc2cnn3cccnc23)C1. The number of anilines is 1. The van der Waals surface area contributed by atoms with Crippen LogP contribution in [0.5, 0.6) is 0 Å². The number of fused-ring (bicyclic) bond motifs is 1. The van der Waals surface area contributed by atoms with Gasteiger partial charge >= 0.3 is 6.03 Å². The molecule has 0 saturated carbocycles. The van der Waals surface area contributed by atoms with Crippen molar-refractivity contribution in [1.82, 2.24) is 19.5 Å². The van der Waals surface area contributed by atoms with Gasteiger partial charge in [0.25, 0.3) is 0 Å². The molecule has 0 aromatic carbocycles. The van der Waals surface area contributed by atoms with Crippen LogP contribution in [0.2, 0.25) is 0 Å². The lowest BCUT2D eigenvalue weighted by molar-refractivity contribution is 0.123. The third kappa shape index (κ3) is 2.77. The van der Waals surface area contributed by atoms with E-state index in [0.29, 0.717) is 23.2 Å². The van der Waals surface area contributed by atoms with Crippen molar-refractivity contribution in [3.05, 3.63) is 24.7 Å². The summed E-state index contributed by atoms with van der Waals surface area (Å²) in [7, 11) is 0. The molecule has 0 radical (unpaired) electrons. The minimum absolute atomic E-state index is 0.0570. The molecule has 0 bridgehead atoms. The van der Waals surface area contributed by atoms with E-state index in [9.17, 15) is 4.79 Å². The highest BCUT2D eigenvalue weighted by atomic mass is 16.2. The topological polar surface area (TPSA) is 62.5 Å². The van der Waals surface area contributed by atoms with Gasteiger partial charge in [-0.3, -0.25) is 0 Å². The Morgan fingerprint density at radius 3 is 3.00 bits per heavy atom. The average molecular weight is 301 g/mol. The summed E-state index contributed by atoms with van der Waals surface area (Å²) < 4.78 is 1.66. The fourth-order valence-electron chi connectivity index (χ4n) is 3.06. The first-order chi connectivity index (χ1) is 10.6. The van der Waals surface area contributed by atoms with E-state index in [4.69, 9.17) is 0 Å². The van der Waals surface area contributed by atoms with E-state index in [1.807, 2.05) is 17.2 Å². The number of carbonyl (C=O) groups is 1. The van der Waals surface area contributed by atoms with Crippen molar-refractivity contribution in [2.45, 2.75) is 39.7 Å². The van der Waals surface area contributed by atoms with Gasteiger partial charge in [0.1, 0.15) is 5.69 Å². The van der Waals surface area contributed by atoms with Gasteiger partial charge in [0, 0.05) is 25.0 Å². The first-order valence-corrected chi connectivity index (χ1v) is 7.92. The fourth-order valence-corrected chi connectivity index (χ4v) is 3.06. The Morgan fingerprint density at radius 2 is 2.23 bits per heavy atom. The lowest BCUT2D eigenvalue weighted by atomic mass is 9.85. The van der Waals surface area contributed by atoms with Gasteiger partial charge in [0.15, 0.2) is 5.65 Å². The highest BCUT2D eigenvalue weighted by molar-refractivity contribution is 5.93. The van der Waals surface area contributed by atoms with Gasteiger partial charge in [0.05, 0.1) is 6.20 Å². The Balaban J connectivity index is 1.75. The number of hydrogen-bond donors (Lipinski definition) is 1. The van der Waals surface area contributed by atoms with Crippen molar-refractivity contribution in [3.8, 4) is 0 Å². The third-order valence-corrected chi connectivity index (χ3v) is 4.64. The number of carbonyl (C=O) groups excluding carboxylic acids is 1. The van der Waals surface area contributed by atoms with Crippen LogP contribution in [-0.2, 0) is 0 Å². The second-order valence-electron chi connectivity index (χ2n) is 6.46. The second kappa shape index (κ2) is 5.94. The zero-order valence-corrected chi connectivity index (χ0v) is 13.4. The van der Waals surface area contributed by atoms with E-state index >= 15 is 0 Å². The molecule has 1 saturated heterocycles. The van der Waals surface area contributed by atoms with Crippen molar-refractivity contribution < 1.29 is 4.79 Å². The van der Waals surface area contributed by atoms with E-state index in [-0.39, 0.29) is 12.1 Å². The Bertz CT molecular complexity index is 665. The molecule has 22 heavy (non-hydrogen) atoms. The molecule has 118 valence electrons. The van der Waals surface area contributed by atoms with Crippen LogP contribution in [0.25, 0.3) is 5.65 Å². The van der Waals surface area contributed by atoms with Gasteiger partial charge < -0.3 is 10.2 Å². The lowest BCUT2D eigenvalue weighted by Gasteiger charge is -2.39. The molecule has 0 spiro atoms. The normalized spacial score (nSPS) is 22.3. The van der Waals surface area contributed by atoms with Crippen LogP contribution in [0, 0.1) is 11.8 Å². The molecule has 3 rings (SSSR count). The standard InChI is InChI=1S/C16H23N5O/c1-11(2)13-6-5-12(3)20(10-13)16(22)19-14-9-18-21-8-4-7-17-15(14)21/h4,7-9,11-13H,5-6,10H2,1-3H3,(H,19,22). The number of aromatic nitrogens is 3. The molecule has 6 heteroatoms. The number of rotatable bonds is 2. The minimum atomic E-state index is -0.0570. The predicted molar refractivity (Wildman–Crippen MR) is 85.7 cm³/mol. The second-order valence-corrected chi connectivity index (χ2v) is 6.46. The summed E-state index contributed by atoms with van der Waals surface area (Å²) in [5, 5.41) is 7.17. The zero-order chi connectivity index (χ0) is 15.7. The molecule has 1 fully saturated rings. The molecule has 2 atom stereocenters. The smallest absolute Gasteiger partial charge is 0.322 e. The highest BCUT2D eigenvalue weighted by Gasteiger charge is 2.30. The number of hydrogen-bond acceptors (Lipinski definition) is 3. The van der Waals surface area contributed by atoms with Gasteiger partial charge in [-0.25, -0.2) is 14.3 Å². The first kappa shape index (κ1) is 14.8. The van der Waals surface area contributed by atoms with Crippen molar-refractivity contribution >= 4 is 17.4 Å². The zero-order valence-electron chi connectivity index (χ0n) is 13.4. The average Bonchev–Trinajstić information content (AvgIpc) is 2.90. The maximum absolute atomic E-state index is 12.6. The molecule has 1 aliphatic heterocycles. The third-order valence-electron chi connectivity index (χ3n) is 4.64. The number of nitrogens with zero attached hydrogens (tertiary/aromatic N) is 4. The molecule has 1 aliphatic rings.